The lowest BCUT2D eigenvalue weighted by Crippen LogP contribution is -2.41. The van der Waals surface area contributed by atoms with Gasteiger partial charge in [0.15, 0.2) is 5.43 Å². The van der Waals surface area contributed by atoms with Crippen LogP contribution in [0.25, 0.3) is 10.9 Å². The van der Waals surface area contributed by atoms with E-state index in [2.05, 4.69) is 14.6 Å². The van der Waals surface area contributed by atoms with E-state index in [0.29, 0.717) is 37.1 Å². The van der Waals surface area contributed by atoms with Gasteiger partial charge in [-0.15, -0.1) is 0 Å². The van der Waals surface area contributed by atoms with Gasteiger partial charge in [-0.3, -0.25) is 4.79 Å². The molecule has 0 saturated carbocycles. The summed E-state index contributed by atoms with van der Waals surface area (Å²) in [5.41, 5.74) is 1.64. The van der Waals surface area contributed by atoms with Crippen molar-refractivity contribution in [1.82, 2.24) is 4.98 Å². The van der Waals surface area contributed by atoms with Gasteiger partial charge in [-0.25, -0.2) is 0 Å². The molecule has 0 aliphatic carbocycles. The first-order chi connectivity index (χ1) is 15.1. The second kappa shape index (κ2) is 8.33. The molecule has 0 spiro atoms. The largest absolute Gasteiger partial charge is 0.499 e. The van der Waals surface area contributed by atoms with Gasteiger partial charge in [0.2, 0.25) is 0 Å². The fourth-order valence-electron chi connectivity index (χ4n) is 3.57. The Kier molecular flexibility index (Phi) is 5.70. The number of anilines is 1. The zero-order valence-electron chi connectivity index (χ0n) is 16.7. The second-order valence-electron chi connectivity index (χ2n) is 7.46. The predicted octanol–water partition coefficient (Wildman–Crippen LogP) is 5.11. The van der Waals surface area contributed by atoms with Crippen molar-refractivity contribution in [2.45, 2.75) is 31.2 Å². The fourth-order valence-corrected chi connectivity index (χ4v) is 3.57. The van der Waals surface area contributed by atoms with Crippen molar-refractivity contribution in [2.75, 3.05) is 18.0 Å². The van der Waals surface area contributed by atoms with E-state index >= 15 is 0 Å². The maximum atomic E-state index is 13.0. The standard InChI is InChI=1S/C22H19F5N2O3/c23-21(24,25)22(26,27)32-17-4-2-15(3-5-17)31-16-8-11-29(12-9-16)14-1-6-19-18(13-14)20(30)7-10-28-19/h1-7,10,13,16H,8-9,11-12H2,(H,28,30). The Morgan fingerprint density at radius 2 is 1.56 bits per heavy atom. The third-order valence-electron chi connectivity index (χ3n) is 5.25. The number of alkyl halides is 5. The number of fused-ring (bicyclic) bond motifs is 1. The van der Waals surface area contributed by atoms with Crippen molar-refractivity contribution >= 4 is 16.6 Å². The molecule has 1 fully saturated rings. The van der Waals surface area contributed by atoms with Gasteiger partial charge in [0.1, 0.15) is 17.6 Å². The van der Waals surface area contributed by atoms with Gasteiger partial charge in [0, 0.05) is 54.8 Å². The number of nitrogens with one attached hydrogen (secondary N) is 1. The van der Waals surface area contributed by atoms with Crippen molar-refractivity contribution in [2.24, 2.45) is 0 Å². The van der Waals surface area contributed by atoms with Crippen LogP contribution in [0.3, 0.4) is 0 Å². The van der Waals surface area contributed by atoms with E-state index < -0.39 is 18.0 Å². The first-order valence-electron chi connectivity index (χ1n) is 9.89. The molecule has 1 saturated heterocycles. The molecule has 2 heterocycles. The Bertz CT molecular complexity index is 1140. The van der Waals surface area contributed by atoms with Crippen LogP contribution in [0.1, 0.15) is 12.8 Å². The van der Waals surface area contributed by atoms with Crippen LogP contribution in [0.15, 0.2) is 59.5 Å². The predicted molar refractivity (Wildman–Crippen MR) is 109 cm³/mol. The minimum atomic E-state index is -5.80. The number of rotatable bonds is 5. The van der Waals surface area contributed by atoms with Crippen LogP contribution in [-0.4, -0.2) is 36.5 Å². The van der Waals surface area contributed by atoms with E-state index in [-0.39, 0.29) is 11.5 Å². The monoisotopic (exact) mass is 454 g/mol. The summed E-state index contributed by atoms with van der Waals surface area (Å²) in [5, 5.41) is 0.613. The number of hydrogen-bond donors (Lipinski definition) is 1. The highest BCUT2D eigenvalue weighted by Crippen LogP contribution is 2.37. The highest BCUT2D eigenvalue weighted by atomic mass is 19.4. The zero-order chi connectivity index (χ0) is 22.9. The van der Waals surface area contributed by atoms with E-state index in [0.717, 1.165) is 23.3 Å². The summed E-state index contributed by atoms with van der Waals surface area (Å²) < 4.78 is 72.3. The van der Waals surface area contributed by atoms with Gasteiger partial charge in [0.25, 0.3) is 0 Å². The summed E-state index contributed by atoms with van der Waals surface area (Å²) in [5.74, 6) is -0.260. The molecule has 5 nitrogen and oxygen atoms in total. The highest BCUT2D eigenvalue weighted by Gasteiger charge is 2.61. The molecule has 1 aromatic heterocycles. The second-order valence-corrected chi connectivity index (χ2v) is 7.46. The quantitative estimate of drug-likeness (QED) is 0.545. The number of aromatic amines is 1. The van der Waals surface area contributed by atoms with E-state index in [1.54, 1.807) is 6.20 Å². The molecule has 1 aliphatic rings. The van der Waals surface area contributed by atoms with Gasteiger partial charge in [-0.1, -0.05) is 0 Å². The number of nitrogens with zero attached hydrogens (tertiary/aromatic N) is 1. The van der Waals surface area contributed by atoms with Gasteiger partial charge < -0.3 is 19.4 Å². The molecular weight excluding hydrogens is 435 g/mol. The molecule has 32 heavy (non-hydrogen) atoms. The van der Waals surface area contributed by atoms with Crippen LogP contribution in [0.2, 0.25) is 0 Å². The van der Waals surface area contributed by atoms with Gasteiger partial charge >= 0.3 is 12.3 Å². The van der Waals surface area contributed by atoms with Gasteiger partial charge in [0.05, 0.1) is 0 Å². The topological polar surface area (TPSA) is 54.6 Å². The molecule has 3 aromatic rings. The van der Waals surface area contributed by atoms with Crippen LogP contribution >= 0.6 is 0 Å². The summed E-state index contributed by atoms with van der Waals surface area (Å²) in [6, 6.07) is 11.7. The molecule has 170 valence electrons. The van der Waals surface area contributed by atoms with E-state index in [1.807, 2.05) is 18.2 Å². The summed E-state index contributed by atoms with van der Waals surface area (Å²) >= 11 is 0. The van der Waals surface area contributed by atoms with Crippen LogP contribution < -0.4 is 19.8 Å². The van der Waals surface area contributed by atoms with Crippen LogP contribution in [0.5, 0.6) is 11.5 Å². The molecule has 0 radical (unpaired) electrons. The van der Waals surface area contributed by atoms with Crippen molar-refractivity contribution in [3.63, 3.8) is 0 Å². The smallest absolute Gasteiger partial charge is 0.490 e. The number of pyridine rings is 1. The lowest BCUT2D eigenvalue weighted by Gasteiger charge is -2.33. The van der Waals surface area contributed by atoms with E-state index in [4.69, 9.17) is 4.74 Å². The average Bonchev–Trinajstić information content (AvgIpc) is 2.75. The van der Waals surface area contributed by atoms with E-state index in [9.17, 15) is 26.7 Å². The molecule has 1 aliphatic heterocycles. The number of hydrogen-bond acceptors (Lipinski definition) is 4. The Labute approximate surface area is 179 Å². The average molecular weight is 454 g/mol. The molecule has 0 unspecified atom stereocenters. The Morgan fingerprint density at radius 3 is 2.22 bits per heavy atom. The van der Waals surface area contributed by atoms with Crippen molar-refractivity contribution in [3.8, 4) is 11.5 Å². The summed E-state index contributed by atoms with van der Waals surface area (Å²) in [6.07, 6.45) is -8.25. The van der Waals surface area contributed by atoms with Crippen LogP contribution in [-0.2, 0) is 0 Å². The van der Waals surface area contributed by atoms with Crippen molar-refractivity contribution < 1.29 is 31.4 Å². The Hall–Kier alpha value is -3.30. The number of ether oxygens (including phenoxy) is 2. The van der Waals surface area contributed by atoms with Crippen LogP contribution in [0, 0.1) is 0 Å². The fraction of sp³-hybridized carbons (Fsp3) is 0.318. The molecule has 0 amide bonds. The first-order valence-corrected chi connectivity index (χ1v) is 9.89. The molecule has 10 heteroatoms. The first kappa shape index (κ1) is 21.9. The summed E-state index contributed by atoms with van der Waals surface area (Å²) in [7, 11) is 0. The third-order valence-corrected chi connectivity index (χ3v) is 5.25. The maximum absolute atomic E-state index is 13.0. The van der Waals surface area contributed by atoms with Gasteiger partial charge in [-0.05, 0) is 42.5 Å². The number of aromatic nitrogens is 1. The normalized spacial score (nSPS) is 15.7. The van der Waals surface area contributed by atoms with Gasteiger partial charge in [-0.2, -0.15) is 22.0 Å². The number of benzene rings is 2. The lowest BCUT2D eigenvalue weighted by molar-refractivity contribution is -0.360. The SMILES string of the molecule is O=c1cc[nH]c2ccc(N3CCC(Oc4ccc(OC(F)(F)C(F)(F)F)cc4)CC3)cc12. The molecule has 1 N–H and O–H groups in total. The molecule has 4 rings (SSSR count). The number of halogens is 5. The summed E-state index contributed by atoms with van der Waals surface area (Å²) in [4.78, 5) is 17.2. The van der Waals surface area contributed by atoms with E-state index in [1.165, 1.54) is 18.2 Å². The number of H-pyrrole nitrogens is 1. The lowest BCUT2D eigenvalue weighted by atomic mass is 10.1. The number of piperidine rings is 1. The van der Waals surface area contributed by atoms with Crippen molar-refractivity contribution in [3.05, 3.63) is 65.0 Å². The zero-order valence-corrected chi connectivity index (χ0v) is 16.7. The Morgan fingerprint density at radius 1 is 0.906 bits per heavy atom. The van der Waals surface area contributed by atoms with Crippen molar-refractivity contribution in [1.29, 1.82) is 0 Å². The molecule has 2 aromatic carbocycles. The maximum Gasteiger partial charge on any atom is 0.499 e. The molecule has 0 bridgehead atoms. The Balaban J connectivity index is 1.34. The molecule has 0 atom stereocenters. The minimum absolute atomic E-state index is 0.0563. The minimum Gasteiger partial charge on any atom is -0.490 e. The van der Waals surface area contributed by atoms with Crippen LogP contribution in [0.4, 0.5) is 27.6 Å². The highest BCUT2D eigenvalue weighted by molar-refractivity contribution is 5.82. The molecular formula is C22H19F5N2O3. The third kappa shape index (κ3) is 4.63. The summed E-state index contributed by atoms with van der Waals surface area (Å²) in [6.45, 7) is 1.36.